The van der Waals surface area contributed by atoms with Gasteiger partial charge in [0.2, 0.25) is 0 Å². The number of carbonyl (C=O) groups excluding carboxylic acids is 4. The molecule has 1 aliphatic rings. The molecule has 1 atom stereocenters. The number of nitro benzene ring substituents is 1. The SMILES string of the molecule is CCC1(CC)NC(=O)N(CC(=O)O[C@@H](C)C(=O)Nc2cc([N+](=O)[O-])ccc2OC)C1=O. The number of ether oxygens (including phenoxy) is 2. The number of hydrogen-bond donors (Lipinski definition) is 2. The number of nitro groups is 1. The normalized spacial score (nSPS) is 15.8. The van der Waals surface area contributed by atoms with Gasteiger partial charge in [-0.3, -0.25) is 29.4 Å². The van der Waals surface area contributed by atoms with Crippen molar-refractivity contribution in [1.82, 2.24) is 10.2 Å². The van der Waals surface area contributed by atoms with E-state index in [2.05, 4.69) is 10.6 Å². The molecule has 1 saturated heterocycles. The molecule has 2 rings (SSSR count). The lowest BCUT2D eigenvalue weighted by atomic mass is 9.93. The van der Waals surface area contributed by atoms with Gasteiger partial charge in [0.1, 0.15) is 17.8 Å². The van der Waals surface area contributed by atoms with Crippen molar-refractivity contribution < 1.29 is 33.6 Å². The molecule has 1 heterocycles. The fraction of sp³-hybridized carbons (Fsp3) is 0.474. The van der Waals surface area contributed by atoms with Crippen LogP contribution < -0.4 is 15.4 Å². The second-order valence-electron chi connectivity index (χ2n) is 6.87. The zero-order valence-electron chi connectivity index (χ0n) is 17.6. The molecule has 12 heteroatoms. The van der Waals surface area contributed by atoms with Crippen LogP contribution in [0, 0.1) is 10.1 Å². The Morgan fingerprint density at radius 1 is 1.29 bits per heavy atom. The van der Waals surface area contributed by atoms with E-state index >= 15 is 0 Å². The van der Waals surface area contributed by atoms with Gasteiger partial charge in [0.15, 0.2) is 6.10 Å². The van der Waals surface area contributed by atoms with Crippen molar-refractivity contribution in [3.05, 3.63) is 28.3 Å². The number of nitrogens with one attached hydrogen (secondary N) is 2. The summed E-state index contributed by atoms with van der Waals surface area (Å²) >= 11 is 0. The van der Waals surface area contributed by atoms with Gasteiger partial charge < -0.3 is 20.1 Å². The van der Waals surface area contributed by atoms with E-state index in [-0.39, 0.29) is 17.1 Å². The summed E-state index contributed by atoms with van der Waals surface area (Å²) in [6, 6.07) is 2.93. The molecule has 31 heavy (non-hydrogen) atoms. The maximum atomic E-state index is 12.5. The average molecular weight is 436 g/mol. The van der Waals surface area contributed by atoms with E-state index < -0.39 is 46.9 Å². The Kier molecular flexibility index (Phi) is 7.16. The maximum Gasteiger partial charge on any atom is 0.327 e. The first kappa shape index (κ1) is 23.6. The van der Waals surface area contributed by atoms with Gasteiger partial charge in [0.05, 0.1) is 17.7 Å². The van der Waals surface area contributed by atoms with Crippen LogP contribution in [0.4, 0.5) is 16.2 Å². The van der Waals surface area contributed by atoms with Crippen LogP contribution in [0.3, 0.4) is 0 Å². The molecule has 0 aromatic heterocycles. The monoisotopic (exact) mass is 436 g/mol. The number of carbonyl (C=O) groups is 4. The van der Waals surface area contributed by atoms with Crippen LogP contribution in [0.15, 0.2) is 18.2 Å². The van der Waals surface area contributed by atoms with E-state index in [0.29, 0.717) is 12.8 Å². The molecule has 0 unspecified atom stereocenters. The highest BCUT2D eigenvalue weighted by molar-refractivity contribution is 6.08. The van der Waals surface area contributed by atoms with Gasteiger partial charge in [-0.05, 0) is 25.8 Å². The number of non-ortho nitro benzene ring substituents is 1. The summed E-state index contributed by atoms with van der Waals surface area (Å²) in [5.74, 6) is -2.09. The summed E-state index contributed by atoms with van der Waals surface area (Å²) in [5.41, 5.74) is -1.30. The lowest BCUT2D eigenvalue weighted by Gasteiger charge is -2.23. The van der Waals surface area contributed by atoms with E-state index in [0.717, 1.165) is 11.0 Å². The van der Waals surface area contributed by atoms with Crippen molar-refractivity contribution in [2.45, 2.75) is 45.3 Å². The summed E-state index contributed by atoms with van der Waals surface area (Å²) in [7, 11) is 1.32. The third-order valence-corrected chi connectivity index (χ3v) is 5.07. The first-order chi connectivity index (χ1) is 14.6. The van der Waals surface area contributed by atoms with Gasteiger partial charge in [-0.15, -0.1) is 0 Å². The van der Waals surface area contributed by atoms with Crippen LogP contribution in [0.25, 0.3) is 0 Å². The topological polar surface area (TPSA) is 157 Å². The molecule has 0 aliphatic carbocycles. The fourth-order valence-corrected chi connectivity index (χ4v) is 3.11. The summed E-state index contributed by atoms with van der Waals surface area (Å²) in [6.07, 6.45) is -0.577. The molecule has 2 N–H and O–H groups in total. The third-order valence-electron chi connectivity index (χ3n) is 5.07. The Morgan fingerprint density at radius 3 is 2.45 bits per heavy atom. The Balaban J connectivity index is 2.03. The van der Waals surface area contributed by atoms with E-state index in [4.69, 9.17) is 9.47 Å². The van der Waals surface area contributed by atoms with Gasteiger partial charge in [-0.1, -0.05) is 13.8 Å². The number of imide groups is 1. The number of methoxy groups -OCH3 is 1. The first-order valence-corrected chi connectivity index (χ1v) is 9.55. The zero-order chi connectivity index (χ0) is 23.3. The molecule has 1 aromatic rings. The second kappa shape index (κ2) is 9.41. The predicted molar refractivity (Wildman–Crippen MR) is 107 cm³/mol. The van der Waals surface area contributed by atoms with Gasteiger partial charge in [0, 0.05) is 12.1 Å². The average Bonchev–Trinajstić information content (AvgIpc) is 2.98. The highest BCUT2D eigenvalue weighted by Crippen LogP contribution is 2.29. The zero-order valence-corrected chi connectivity index (χ0v) is 17.6. The molecule has 168 valence electrons. The smallest absolute Gasteiger partial charge is 0.327 e. The Morgan fingerprint density at radius 2 is 1.94 bits per heavy atom. The number of anilines is 1. The molecule has 1 aliphatic heterocycles. The lowest BCUT2D eigenvalue weighted by molar-refractivity contribution is -0.384. The minimum atomic E-state index is -1.31. The molecule has 0 radical (unpaired) electrons. The van der Waals surface area contributed by atoms with Crippen LogP contribution in [0.5, 0.6) is 5.75 Å². The Hall–Kier alpha value is -3.70. The summed E-state index contributed by atoms with van der Waals surface area (Å²) < 4.78 is 10.1. The number of hydrogen-bond acceptors (Lipinski definition) is 8. The van der Waals surface area contributed by atoms with Crippen LogP contribution in [0.1, 0.15) is 33.6 Å². The van der Waals surface area contributed by atoms with E-state index in [1.165, 1.54) is 26.2 Å². The number of nitrogens with zero attached hydrogens (tertiary/aromatic N) is 2. The van der Waals surface area contributed by atoms with Gasteiger partial charge >= 0.3 is 12.0 Å². The molecule has 12 nitrogen and oxygen atoms in total. The molecule has 0 spiro atoms. The van der Waals surface area contributed by atoms with Gasteiger partial charge in [-0.2, -0.15) is 0 Å². The molecule has 4 amide bonds. The van der Waals surface area contributed by atoms with Crippen molar-refractivity contribution in [2.24, 2.45) is 0 Å². The van der Waals surface area contributed by atoms with Crippen LogP contribution in [0.2, 0.25) is 0 Å². The quantitative estimate of drug-likeness (QED) is 0.256. The minimum absolute atomic E-state index is 0.0226. The number of benzene rings is 1. The number of rotatable bonds is 9. The molecular formula is C19H24N4O8. The largest absolute Gasteiger partial charge is 0.495 e. The summed E-state index contributed by atoms with van der Waals surface area (Å²) in [5, 5.41) is 15.9. The fourth-order valence-electron chi connectivity index (χ4n) is 3.11. The number of amides is 4. The van der Waals surface area contributed by atoms with Crippen molar-refractivity contribution in [3.63, 3.8) is 0 Å². The standard InChI is InChI=1S/C19H24N4O8/c1-5-19(6-2)17(26)22(18(27)21-19)10-15(24)31-11(3)16(25)20-13-9-12(23(28)29)7-8-14(13)30-4/h7-9,11H,5-6,10H2,1-4H3,(H,20,25)(H,21,27)/t11-/m0/s1. The number of esters is 1. The van der Waals surface area contributed by atoms with E-state index in [1.807, 2.05) is 0 Å². The lowest BCUT2D eigenvalue weighted by Crippen LogP contribution is -2.46. The third kappa shape index (κ3) is 4.90. The van der Waals surface area contributed by atoms with E-state index in [9.17, 15) is 29.3 Å². The maximum absolute atomic E-state index is 12.5. The van der Waals surface area contributed by atoms with Crippen LogP contribution in [-0.2, 0) is 19.1 Å². The molecule has 1 aromatic carbocycles. The summed E-state index contributed by atoms with van der Waals surface area (Å²) in [4.78, 5) is 60.3. The van der Waals surface area contributed by atoms with Crippen molar-refractivity contribution in [3.8, 4) is 5.75 Å². The van der Waals surface area contributed by atoms with Crippen LogP contribution in [-0.4, -0.2) is 58.9 Å². The Labute approximate surface area is 178 Å². The summed E-state index contributed by atoms with van der Waals surface area (Å²) in [6.45, 7) is 4.13. The molecule has 0 saturated carbocycles. The van der Waals surface area contributed by atoms with Gasteiger partial charge in [0.25, 0.3) is 17.5 Å². The molecule has 0 bridgehead atoms. The first-order valence-electron chi connectivity index (χ1n) is 9.55. The van der Waals surface area contributed by atoms with Crippen molar-refractivity contribution in [1.29, 1.82) is 0 Å². The second-order valence-corrected chi connectivity index (χ2v) is 6.87. The van der Waals surface area contributed by atoms with Gasteiger partial charge in [-0.25, -0.2) is 4.79 Å². The molecular weight excluding hydrogens is 412 g/mol. The predicted octanol–water partition coefficient (Wildman–Crippen LogP) is 1.58. The van der Waals surface area contributed by atoms with Crippen molar-refractivity contribution >= 4 is 35.2 Å². The Bertz CT molecular complexity index is 912. The number of urea groups is 1. The minimum Gasteiger partial charge on any atom is -0.495 e. The molecule has 1 fully saturated rings. The van der Waals surface area contributed by atoms with Crippen molar-refractivity contribution in [2.75, 3.05) is 19.0 Å². The van der Waals surface area contributed by atoms with Crippen LogP contribution >= 0.6 is 0 Å². The highest BCUT2D eigenvalue weighted by Gasteiger charge is 2.49. The highest BCUT2D eigenvalue weighted by atomic mass is 16.6. The van der Waals surface area contributed by atoms with E-state index in [1.54, 1.807) is 13.8 Å².